The fourth-order valence-corrected chi connectivity index (χ4v) is 3.17. The van der Waals surface area contributed by atoms with Gasteiger partial charge < -0.3 is 9.80 Å². The summed E-state index contributed by atoms with van der Waals surface area (Å²) >= 11 is 0. The molecule has 2 fully saturated rings. The van der Waals surface area contributed by atoms with Gasteiger partial charge >= 0.3 is 0 Å². The molecule has 0 radical (unpaired) electrons. The van der Waals surface area contributed by atoms with Crippen LogP contribution >= 0.6 is 0 Å². The highest BCUT2D eigenvalue weighted by molar-refractivity contribution is 5.84. The molecule has 4 heteroatoms. The zero-order chi connectivity index (χ0) is 13.0. The third kappa shape index (κ3) is 3.04. The molecule has 2 rings (SSSR count). The first kappa shape index (κ1) is 13.8. The summed E-state index contributed by atoms with van der Waals surface area (Å²) in [4.78, 5) is 16.9. The lowest BCUT2D eigenvalue weighted by Crippen LogP contribution is -2.46. The van der Waals surface area contributed by atoms with E-state index < -0.39 is 0 Å². The lowest BCUT2D eigenvalue weighted by molar-refractivity contribution is -0.131. The number of rotatable bonds is 5. The minimum absolute atomic E-state index is 0.0867. The summed E-state index contributed by atoms with van der Waals surface area (Å²) in [6.07, 6.45) is 5.57. The molecule has 2 heterocycles. The molecular formula is C14H27N3O. The molecule has 0 aromatic carbocycles. The molecule has 1 unspecified atom stereocenters. The normalized spacial score (nSPS) is 27.1. The highest BCUT2D eigenvalue weighted by atomic mass is 16.2. The van der Waals surface area contributed by atoms with E-state index in [-0.39, 0.29) is 6.04 Å². The van der Waals surface area contributed by atoms with Crippen LogP contribution in [0.2, 0.25) is 0 Å². The topological polar surface area (TPSA) is 35.6 Å². The van der Waals surface area contributed by atoms with E-state index in [1.165, 1.54) is 13.0 Å². The van der Waals surface area contributed by atoms with E-state index in [0.29, 0.717) is 11.9 Å². The summed E-state index contributed by atoms with van der Waals surface area (Å²) < 4.78 is 0. The van der Waals surface area contributed by atoms with Gasteiger partial charge in [0.05, 0.1) is 12.7 Å². The van der Waals surface area contributed by atoms with Crippen molar-refractivity contribution >= 4 is 5.91 Å². The molecule has 1 atom stereocenters. The Kier molecular flexibility index (Phi) is 5.01. The van der Waals surface area contributed by atoms with Gasteiger partial charge in [-0.2, -0.15) is 0 Å². The number of likely N-dealkylation sites (tertiary alicyclic amines) is 1. The Bertz CT molecular complexity index is 274. The van der Waals surface area contributed by atoms with E-state index in [9.17, 15) is 4.79 Å². The van der Waals surface area contributed by atoms with Gasteiger partial charge in [0, 0.05) is 19.1 Å². The molecule has 0 spiro atoms. The standard InChI is InChI=1S/C14H27N3O/c1-3-5-13-14(18)17(11-15-13)12-6-9-16(8-4-2)10-7-12/h12-13,15H,3-11H2,1-2H3. The quantitative estimate of drug-likeness (QED) is 0.805. The van der Waals surface area contributed by atoms with Crippen LogP contribution in [0.4, 0.5) is 0 Å². The second-order valence-electron chi connectivity index (χ2n) is 5.58. The lowest BCUT2D eigenvalue weighted by Gasteiger charge is -2.36. The van der Waals surface area contributed by atoms with Crippen LogP contribution in [-0.4, -0.2) is 54.1 Å². The number of nitrogens with zero attached hydrogens (tertiary/aromatic N) is 2. The fourth-order valence-electron chi connectivity index (χ4n) is 3.17. The van der Waals surface area contributed by atoms with Crippen molar-refractivity contribution in [3.8, 4) is 0 Å². The minimum atomic E-state index is 0.0867. The van der Waals surface area contributed by atoms with E-state index in [2.05, 4.69) is 29.0 Å². The predicted molar refractivity (Wildman–Crippen MR) is 73.3 cm³/mol. The van der Waals surface area contributed by atoms with Crippen molar-refractivity contribution in [2.45, 2.75) is 58.0 Å². The Hall–Kier alpha value is -0.610. The molecule has 0 aromatic heterocycles. The third-order valence-corrected chi connectivity index (χ3v) is 4.20. The van der Waals surface area contributed by atoms with Gasteiger partial charge in [0.1, 0.15) is 0 Å². The van der Waals surface area contributed by atoms with Gasteiger partial charge in [0.15, 0.2) is 0 Å². The Morgan fingerprint density at radius 2 is 1.94 bits per heavy atom. The first-order valence-corrected chi connectivity index (χ1v) is 7.52. The second-order valence-corrected chi connectivity index (χ2v) is 5.58. The molecule has 0 aromatic rings. The summed E-state index contributed by atoms with van der Waals surface area (Å²) in [6, 6.07) is 0.559. The van der Waals surface area contributed by atoms with Crippen LogP contribution in [0.3, 0.4) is 0 Å². The Morgan fingerprint density at radius 1 is 1.22 bits per heavy atom. The van der Waals surface area contributed by atoms with Crippen molar-refractivity contribution in [2.75, 3.05) is 26.3 Å². The molecule has 0 saturated carbocycles. The molecule has 18 heavy (non-hydrogen) atoms. The summed E-state index contributed by atoms with van der Waals surface area (Å²) in [5, 5.41) is 3.35. The van der Waals surface area contributed by atoms with Gasteiger partial charge in [-0.25, -0.2) is 0 Å². The summed E-state index contributed by atoms with van der Waals surface area (Å²) in [6.45, 7) is 8.65. The molecule has 2 aliphatic heterocycles. The smallest absolute Gasteiger partial charge is 0.241 e. The number of hydrogen-bond donors (Lipinski definition) is 1. The van der Waals surface area contributed by atoms with Crippen LogP contribution in [0.25, 0.3) is 0 Å². The largest absolute Gasteiger partial charge is 0.325 e. The van der Waals surface area contributed by atoms with Gasteiger partial charge in [0.2, 0.25) is 5.91 Å². The summed E-state index contributed by atoms with van der Waals surface area (Å²) in [7, 11) is 0. The minimum Gasteiger partial charge on any atom is -0.325 e. The van der Waals surface area contributed by atoms with E-state index in [4.69, 9.17) is 0 Å². The summed E-state index contributed by atoms with van der Waals surface area (Å²) in [5.41, 5.74) is 0. The third-order valence-electron chi connectivity index (χ3n) is 4.20. The van der Waals surface area contributed by atoms with Gasteiger partial charge in [0.25, 0.3) is 0 Å². The van der Waals surface area contributed by atoms with Crippen LogP contribution in [0.15, 0.2) is 0 Å². The molecule has 2 saturated heterocycles. The van der Waals surface area contributed by atoms with Crippen molar-refractivity contribution in [1.82, 2.24) is 15.1 Å². The molecule has 1 amide bonds. The van der Waals surface area contributed by atoms with Crippen LogP contribution in [0.5, 0.6) is 0 Å². The predicted octanol–water partition coefficient (Wildman–Crippen LogP) is 1.42. The molecule has 1 N–H and O–H groups in total. The first-order valence-electron chi connectivity index (χ1n) is 7.52. The maximum Gasteiger partial charge on any atom is 0.241 e. The van der Waals surface area contributed by atoms with Crippen LogP contribution in [-0.2, 0) is 4.79 Å². The number of carbonyl (C=O) groups is 1. The second kappa shape index (κ2) is 6.53. The van der Waals surface area contributed by atoms with Crippen molar-refractivity contribution in [2.24, 2.45) is 0 Å². The zero-order valence-electron chi connectivity index (χ0n) is 11.8. The molecule has 4 nitrogen and oxygen atoms in total. The van der Waals surface area contributed by atoms with Gasteiger partial charge in [-0.05, 0) is 32.2 Å². The maximum absolute atomic E-state index is 12.3. The van der Waals surface area contributed by atoms with Crippen LogP contribution < -0.4 is 5.32 Å². The monoisotopic (exact) mass is 253 g/mol. The van der Waals surface area contributed by atoms with Gasteiger partial charge in [-0.3, -0.25) is 10.1 Å². The van der Waals surface area contributed by atoms with Crippen molar-refractivity contribution < 1.29 is 4.79 Å². The number of piperidine rings is 1. The number of nitrogens with one attached hydrogen (secondary N) is 1. The van der Waals surface area contributed by atoms with Crippen molar-refractivity contribution in [1.29, 1.82) is 0 Å². The Balaban J connectivity index is 1.81. The molecular weight excluding hydrogens is 226 g/mol. The Labute approximate surface area is 111 Å². The molecule has 0 aliphatic carbocycles. The lowest BCUT2D eigenvalue weighted by atomic mass is 10.0. The van der Waals surface area contributed by atoms with E-state index in [1.807, 2.05) is 0 Å². The number of amides is 1. The van der Waals surface area contributed by atoms with E-state index in [1.54, 1.807) is 0 Å². The molecule has 2 aliphatic rings. The van der Waals surface area contributed by atoms with Crippen LogP contribution in [0.1, 0.15) is 46.0 Å². The average Bonchev–Trinajstić information content (AvgIpc) is 2.73. The van der Waals surface area contributed by atoms with Crippen molar-refractivity contribution in [3.63, 3.8) is 0 Å². The maximum atomic E-state index is 12.3. The van der Waals surface area contributed by atoms with E-state index in [0.717, 1.165) is 45.4 Å². The van der Waals surface area contributed by atoms with Gasteiger partial charge in [-0.15, -0.1) is 0 Å². The average molecular weight is 253 g/mol. The number of carbonyl (C=O) groups excluding carboxylic acids is 1. The summed E-state index contributed by atoms with van der Waals surface area (Å²) in [5.74, 6) is 0.339. The van der Waals surface area contributed by atoms with Gasteiger partial charge in [-0.1, -0.05) is 20.3 Å². The van der Waals surface area contributed by atoms with Crippen molar-refractivity contribution in [3.05, 3.63) is 0 Å². The van der Waals surface area contributed by atoms with E-state index >= 15 is 0 Å². The SMILES string of the molecule is CCCC1NCN(C2CCN(CCC)CC2)C1=O. The molecule has 104 valence electrons. The highest BCUT2D eigenvalue weighted by Crippen LogP contribution is 2.20. The zero-order valence-corrected chi connectivity index (χ0v) is 11.8. The highest BCUT2D eigenvalue weighted by Gasteiger charge is 2.35. The number of hydrogen-bond acceptors (Lipinski definition) is 3. The Morgan fingerprint density at radius 3 is 2.56 bits per heavy atom. The van der Waals surface area contributed by atoms with Crippen LogP contribution in [0, 0.1) is 0 Å². The fraction of sp³-hybridized carbons (Fsp3) is 0.929. The first-order chi connectivity index (χ1) is 8.76. The molecule has 0 bridgehead atoms.